The van der Waals surface area contributed by atoms with Crippen molar-refractivity contribution < 1.29 is 19.1 Å². The van der Waals surface area contributed by atoms with E-state index < -0.39 is 17.4 Å². The fourth-order valence-electron chi connectivity index (χ4n) is 4.36. The van der Waals surface area contributed by atoms with Gasteiger partial charge in [-0.2, -0.15) is 0 Å². The van der Waals surface area contributed by atoms with E-state index in [4.69, 9.17) is 9.47 Å². The Morgan fingerprint density at radius 3 is 2.92 bits per heavy atom. The zero-order chi connectivity index (χ0) is 18.1. The number of amides is 1. The minimum Gasteiger partial charge on any atom is -0.465 e. The topological polar surface area (TPSA) is 55.8 Å². The lowest BCUT2D eigenvalue weighted by molar-refractivity contribution is -0.153. The predicted molar refractivity (Wildman–Crippen MR) is 96.3 cm³/mol. The minimum absolute atomic E-state index is 0.0187. The average molecular weight is 355 g/mol. The summed E-state index contributed by atoms with van der Waals surface area (Å²) in [6.45, 7) is 3.63. The number of fused-ring (bicyclic) bond motifs is 1. The van der Waals surface area contributed by atoms with Crippen LogP contribution in [0.5, 0.6) is 0 Å². The van der Waals surface area contributed by atoms with Crippen molar-refractivity contribution in [2.24, 2.45) is 11.8 Å². The molecule has 2 saturated heterocycles. The van der Waals surface area contributed by atoms with E-state index in [-0.39, 0.29) is 18.0 Å². The first-order valence-electron chi connectivity index (χ1n) is 9.51. The number of hydrogen-bond donors (Lipinski definition) is 0. The quantitative estimate of drug-likeness (QED) is 0.428. The van der Waals surface area contributed by atoms with Gasteiger partial charge < -0.3 is 14.4 Å². The summed E-state index contributed by atoms with van der Waals surface area (Å²) in [5.74, 6) is -1.23. The summed E-state index contributed by atoms with van der Waals surface area (Å²) in [5.41, 5.74) is 0.554. The van der Waals surface area contributed by atoms with Crippen molar-refractivity contribution in [2.75, 3.05) is 19.7 Å². The number of carbonyl (C=O) groups excluding carboxylic acids is 2. The van der Waals surface area contributed by atoms with Crippen molar-refractivity contribution in [3.8, 4) is 0 Å². The van der Waals surface area contributed by atoms with Crippen molar-refractivity contribution in [2.45, 2.75) is 37.9 Å². The third-order valence-corrected chi connectivity index (χ3v) is 5.71. The van der Waals surface area contributed by atoms with E-state index in [2.05, 4.69) is 19.1 Å². The van der Waals surface area contributed by atoms with Gasteiger partial charge in [0.05, 0.1) is 25.2 Å². The summed E-state index contributed by atoms with van der Waals surface area (Å²) in [5, 5.41) is 0. The van der Waals surface area contributed by atoms with Crippen molar-refractivity contribution >= 4 is 11.9 Å². The number of rotatable bonds is 7. The summed E-state index contributed by atoms with van der Waals surface area (Å²) in [6.07, 6.45) is 6.20. The molecular formula is C21H25NO4. The number of carbonyl (C=O) groups is 2. The highest BCUT2D eigenvalue weighted by Crippen LogP contribution is 2.52. The molecule has 1 amide bonds. The van der Waals surface area contributed by atoms with Gasteiger partial charge in [-0.15, -0.1) is 0 Å². The van der Waals surface area contributed by atoms with Gasteiger partial charge in [-0.1, -0.05) is 55.8 Å². The predicted octanol–water partition coefficient (Wildman–Crippen LogP) is 2.35. The van der Waals surface area contributed by atoms with E-state index >= 15 is 0 Å². The summed E-state index contributed by atoms with van der Waals surface area (Å²) in [4.78, 5) is 27.5. The second-order valence-corrected chi connectivity index (χ2v) is 7.42. The Hall–Kier alpha value is -2.14. The molecule has 3 aliphatic heterocycles. The molecule has 1 aromatic rings. The van der Waals surface area contributed by atoms with E-state index in [1.807, 2.05) is 35.3 Å². The van der Waals surface area contributed by atoms with Gasteiger partial charge in [-0.25, -0.2) is 0 Å². The second-order valence-electron chi connectivity index (χ2n) is 7.42. The highest BCUT2D eigenvalue weighted by atomic mass is 16.6. The van der Waals surface area contributed by atoms with Crippen LogP contribution in [0.2, 0.25) is 0 Å². The van der Waals surface area contributed by atoms with E-state index in [1.165, 1.54) is 5.56 Å². The standard InChI is InChI=1S/C21H25NO4/c1-2-3-13-25-20(24)17-16-9-11-21(26-16)14-22(19(23)18(17)21)12-10-15-7-5-4-6-8-15/h4-9,11,16-18H,2-3,10,12-14H2,1H3/t16-,17?,18+,21-/m1/s1. The highest BCUT2D eigenvalue weighted by Gasteiger charge is 2.67. The normalized spacial score (nSPS) is 31.5. The molecule has 3 heterocycles. The fourth-order valence-corrected chi connectivity index (χ4v) is 4.36. The third kappa shape index (κ3) is 2.84. The first-order chi connectivity index (χ1) is 12.6. The van der Waals surface area contributed by atoms with Gasteiger partial charge in [0.2, 0.25) is 5.91 Å². The summed E-state index contributed by atoms with van der Waals surface area (Å²) < 4.78 is 11.5. The zero-order valence-corrected chi connectivity index (χ0v) is 15.1. The molecule has 0 saturated carbocycles. The average Bonchev–Trinajstić information content (AvgIpc) is 3.29. The Balaban J connectivity index is 1.45. The fraction of sp³-hybridized carbons (Fsp3) is 0.524. The molecule has 26 heavy (non-hydrogen) atoms. The van der Waals surface area contributed by atoms with E-state index in [0.717, 1.165) is 19.3 Å². The number of hydrogen-bond acceptors (Lipinski definition) is 4. The molecule has 1 aromatic carbocycles. The number of esters is 1. The molecule has 5 nitrogen and oxygen atoms in total. The number of likely N-dealkylation sites (tertiary alicyclic amines) is 1. The van der Waals surface area contributed by atoms with Gasteiger partial charge in [0, 0.05) is 6.54 Å². The lowest BCUT2D eigenvalue weighted by atomic mass is 9.77. The SMILES string of the molecule is CCCCOC(=O)C1[C@H]2C(=O)N(CCc3ccccc3)C[C@]23C=C[C@H]1O3. The highest BCUT2D eigenvalue weighted by molar-refractivity contribution is 5.91. The first kappa shape index (κ1) is 17.3. The van der Waals surface area contributed by atoms with Crippen molar-refractivity contribution in [1.82, 2.24) is 4.90 Å². The molecule has 2 fully saturated rings. The molecular weight excluding hydrogens is 330 g/mol. The van der Waals surface area contributed by atoms with Gasteiger partial charge in [0.15, 0.2) is 0 Å². The second kappa shape index (κ2) is 6.88. The van der Waals surface area contributed by atoms with Crippen LogP contribution in [0.15, 0.2) is 42.5 Å². The number of unbranched alkanes of at least 4 members (excludes halogenated alkanes) is 1. The van der Waals surface area contributed by atoms with Crippen molar-refractivity contribution in [1.29, 1.82) is 0 Å². The number of ether oxygens (including phenoxy) is 2. The van der Waals surface area contributed by atoms with E-state index in [0.29, 0.717) is 19.7 Å². The molecule has 4 atom stereocenters. The van der Waals surface area contributed by atoms with Crippen LogP contribution >= 0.6 is 0 Å². The third-order valence-electron chi connectivity index (χ3n) is 5.71. The molecule has 1 unspecified atom stereocenters. The van der Waals surface area contributed by atoms with Gasteiger partial charge >= 0.3 is 5.97 Å². The van der Waals surface area contributed by atoms with Crippen LogP contribution in [-0.4, -0.2) is 48.2 Å². The monoisotopic (exact) mass is 355 g/mol. The summed E-state index contributed by atoms with van der Waals surface area (Å²) in [6, 6.07) is 10.1. The largest absolute Gasteiger partial charge is 0.465 e. The van der Waals surface area contributed by atoms with Crippen LogP contribution in [0.4, 0.5) is 0 Å². The van der Waals surface area contributed by atoms with Crippen molar-refractivity contribution in [3.05, 3.63) is 48.0 Å². The Kier molecular flexibility index (Phi) is 4.57. The van der Waals surface area contributed by atoms with Crippen molar-refractivity contribution in [3.63, 3.8) is 0 Å². The van der Waals surface area contributed by atoms with Crippen LogP contribution in [0.25, 0.3) is 0 Å². The lowest BCUT2D eigenvalue weighted by Crippen LogP contribution is -2.40. The summed E-state index contributed by atoms with van der Waals surface area (Å²) >= 11 is 0. The van der Waals surface area contributed by atoms with Gasteiger partial charge in [0.1, 0.15) is 11.5 Å². The van der Waals surface area contributed by atoms with Crippen LogP contribution in [0.1, 0.15) is 25.3 Å². The van der Waals surface area contributed by atoms with Crippen LogP contribution in [0, 0.1) is 11.8 Å². The summed E-state index contributed by atoms with van der Waals surface area (Å²) in [7, 11) is 0. The maximum Gasteiger partial charge on any atom is 0.312 e. The smallest absolute Gasteiger partial charge is 0.312 e. The van der Waals surface area contributed by atoms with Crippen LogP contribution in [0.3, 0.4) is 0 Å². The number of benzene rings is 1. The molecule has 0 aliphatic carbocycles. The number of nitrogens with zero attached hydrogens (tertiary/aromatic N) is 1. The lowest BCUT2D eigenvalue weighted by Gasteiger charge is -2.22. The Morgan fingerprint density at radius 2 is 2.15 bits per heavy atom. The molecule has 2 bridgehead atoms. The maximum atomic E-state index is 13.0. The maximum absolute atomic E-state index is 13.0. The molecule has 1 spiro atoms. The van der Waals surface area contributed by atoms with E-state index in [9.17, 15) is 9.59 Å². The molecule has 3 aliphatic rings. The molecule has 4 rings (SSSR count). The molecule has 0 aromatic heterocycles. The first-order valence-corrected chi connectivity index (χ1v) is 9.51. The van der Waals surface area contributed by atoms with E-state index in [1.54, 1.807) is 0 Å². The zero-order valence-electron chi connectivity index (χ0n) is 15.1. The molecule has 138 valence electrons. The van der Waals surface area contributed by atoms with Gasteiger partial charge in [-0.05, 0) is 18.4 Å². The van der Waals surface area contributed by atoms with Gasteiger partial charge in [0.25, 0.3) is 0 Å². The van der Waals surface area contributed by atoms with Crippen LogP contribution in [-0.2, 0) is 25.5 Å². The van der Waals surface area contributed by atoms with Crippen LogP contribution < -0.4 is 0 Å². The van der Waals surface area contributed by atoms with Gasteiger partial charge in [-0.3, -0.25) is 9.59 Å². The minimum atomic E-state index is -0.646. The Morgan fingerprint density at radius 1 is 1.35 bits per heavy atom. The molecule has 0 N–H and O–H groups in total. The Bertz CT molecular complexity index is 716. The Labute approximate surface area is 154 Å². The molecule has 5 heteroatoms. The molecule has 0 radical (unpaired) electrons.